The first-order chi connectivity index (χ1) is 13.0. The van der Waals surface area contributed by atoms with E-state index in [1.807, 2.05) is 16.8 Å². The number of thiophene rings is 1. The molecule has 1 aliphatic heterocycles. The summed E-state index contributed by atoms with van der Waals surface area (Å²) >= 11 is 2.93. The van der Waals surface area contributed by atoms with Crippen molar-refractivity contribution >= 4 is 39.0 Å². The summed E-state index contributed by atoms with van der Waals surface area (Å²) in [5, 5.41) is 4.66. The zero-order valence-corrected chi connectivity index (χ0v) is 17.7. The van der Waals surface area contributed by atoms with Gasteiger partial charge >= 0.3 is 0 Å². The Morgan fingerprint density at radius 1 is 1.26 bits per heavy atom. The smallest absolute Gasteiger partial charge is 0.244 e. The maximum Gasteiger partial charge on any atom is 0.244 e. The normalized spacial score (nSPS) is 15.6. The predicted molar refractivity (Wildman–Crippen MR) is 108 cm³/mol. The monoisotopic (exact) mass is 425 g/mol. The van der Waals surface area contributed by atoms with E-state index in [0.29, 0.717) is 24.7 Å². The molecule has 9 heteroatoms. The SMILES string of the molecule is CN(Cc1ccsc1)C(=O)CSc1ccc(S(=O)(=O)N2CCCCC2)cn1. The highest BCUT2D eigenvalue weighted by Gasteiger charge is 2.26. The molecule has 1 aliphatic rings. The molecular formula is C18H23N3O3S3. The molecule has 0 radical (unpaired) electrons. The number of aromatic nitrogens is 1. The van der Waals surface area contributed by atoms with Crippen molar-refractivity contribution in [2.75, 3.05) is 25.9 Å². The number of thioether (sulfide) groups is 1. The van der Waals surface area contributed by atoms with Crippen molar-refractivity contribution in [3.05, 3.63) is 40.7 Å². The molecule has 3 rings (SSSR count). The molecule has 0 spiro atoms. The average Bonchev–Trinajstić information content (AvgIpc) is 3.20. The van der Waals surface area contributed by atoms with Crippen LogP contribution in [0.2, 0.25) is 0 Å². The van der Waals surface area contributed by atoms with E-state index < -0.39 is 10.0 Å². The number of carbonyl (C=O) groups excluding carboxylic acids is 1. The van der Waals surface area contributed by atoms with Crippen molar-refractivity contribution in [2.45, 2.75) is 35.7 Å². The third kappa shape index (κ3) is 5.31. The van der Waals surface area contributed by atoms with Gasteiger partial charge in [0, 0.05) is 32.9 Å². The molecule has 6 nitrogen and oxygen atoms in total. The summed E-state index contributed by atoms with van der Waals surface area (Å²) in [6.45, 7) is 1.73. The lowest BCUT2D eigenvalue weighted by atomic mass is 10.2. The van der Waals surface area contributed by atoms with Crippen LogP contribution < -0.4 is 0 Å². The van der Waals surface area contributed by atoms with Gasteiger partial charge in [-0.1, -0.05) is 18.2 Å². The molecule has 1 fully saturated rings. The molecule has 2 aromatic heterocycles. The zero-order chi connectivity index (χ0) is 19.3. The number of nitrogens with zero attached hydrogens (tertiary/aromatic N) is 3. The number of hydrogen-bond donors (Lipinski definition) is 0. The Labute approximate surface area is 168 Å². The van der Waals surface area contributed by atoms with Crippen LogP contribution in [0.4, 0.5) is 0 Å². The largest absolute Gasteiger partial charge is 0.341 e. The Morgan fingerprint density at radius 3 is 2.67 bits per heavy atom. The quantitative estimate of drug-likeness (QED) is 0.638. The number of sulfonamides is 1. The minimum atomic E-state index is -3.47. The third-order valence-electron chi connectivity index (χ3n) is 4.43. The first kappa shape index (κ1) is 20.3. The van der Waals surface area contributed by atoms with Gasteiger partial charge in [0.05, 0.1) is 10.8 Å². The van der Waals surface area contributed by atoms with Gasteiger partial charge in [-0.25, -0.2) is 13.4 Å². The topological polar surface area (TPSA) is 70.6 Å². The van der Waals surface area contributed by atoms with Gasteiger partial charge in [0.15, 0.2) is 0 Å². The molecule has 0 aliphatic carbocycles. The van der Waals surface area contributed by atoms with Crippen LogP contribution >= 0.6 is 23.1 Å². The standard InChI is InChI=1S/C18H23N3O3S3/c1-20(12-15-7-10-25-13-15)18(22)14-26-17-6-5-16(11-19-17)27(23,24)21-8-3-2-4-9-21/h5-7,10-11,13H,2-4,8-9,12,14H2,1H3. The van der Waals surface area contributed by atoms with Crippen LogP contribution in [0.5, 0.6) is 0 Å². The number of piperidine rings is 1. The van der Waals surface area contributed by atoms with Crippen LogP contribution in [0, 0.1) is 0 Å². The first-order valence-electron chi connectivity index (χ1n) is 8.81. The third-order valence-corrected chi connectivity index (χ3v) is 7.97. The molecule has 0 bridgehead atoms. The second kappa shape index (κ2) is 9.18. The summed E-state index contributed by atoms with van der Waals surface area (Å²) in [5.74, 6) is 0.282. The average molecular weight is 426 g/mol. The Bertz CT molecular complexity index is 846. The summed E-state index contributed by atoms with van der Waals surface area (Å²) in [7, 11) is -1.69. The molecule has 0 unspecified atom stereocenters. The highest BCUT2D eigenvalue weighted by Crippen LogP contribution is 2.22. The maximum absolute atomic E-state index is 12.6. The lowest BCUT2D eigenvalue weighted by molar-refractivity contribution is -0.127. The van der Waals surface area contributed by atoms with E-state index >= 15 is 0 Å². The molecule has 0 saturated carbocycles. The van der Waals surface area contributed by atoms with Gasteiger partial charge in [-0.2, -0.15) is 15.6 Å². The fraction of sp³-hybridized carbons (Fsp3) is 0.444. The highest BCUT2D eigenvalue weighted by molar-refractivity contribution is 7.99. The Morgan fingerprint density at radius 2 is 2.04 bits per heavy atom. The number of pyridine rings is 1. The van der Waals surface area contributed by atoms with E-state index in [-0.39, 0.29) is 16.6 Å². The van der Waals surface area contributed by atoms with Crippen LogP contribution in [-0.4, -0.2) is 54.4 Å². The summed E-state index contributed by atoms with van der Waals surface area (Å²) in [6.07, 6.45) is 4.28. The zero-order valence-electron chi connectivity index (χ0n) is 15.2. The van der Waals surface area contributed by atoms with Gasteiger partial charge in [0.25, 0.3) is 0 Å². The van der Waals surface area contributed by atoms with Crippen molar-refractivity contribution in [3.63, 3.8) is 0 Å². The lowest BCUT2D eigenvalue weighted by Gasteiger charge is -2.25. The summed E-state index contributed by atoms with van der Waals surface area (Å²) < 4.78 is 26.8. The highest BCUT2D eigenvalue weighted by atomic mass is 32.2. The van der Waals surface area contributed by atoms with Gasteiger partial charge in [-0.05, 0) is 47.4 Å². The molecule has 2 aromatic rings. The summed E-state index contributed by atoms with van der Waals surface area (Å²) in [5.41, 5.74) is 1.12. The van der Waals surface area contributed by atoms with E-state index in [1.165, 1.54) is 22.3 Å². The molecule has 3 heterocycles. The first-order valence-corrected chi connectivity index (χ1v) is 12.2. The maximum atomic E-state index is 12.6. The van der Waals surface area contributed by atoms with E-state index in [0.717, 1.165) is 24.8 Å². The fourth-order valence-corrected chi connectivity index (χ4v) is 5.76. The molecular weight excluding hydrogens is 402 g/mol. The molecule has 0 atom stereocenters. The van der Waals surface area contributed by atoms with Gasteiger partial charge < -0.3 is 4.90 Å². The Kier molecular flexibility index (Phi) is 6.91. The second-order valence-corrected chi connectivity index (χ2v) is 10.2. The van der Waals surface area contributed by atoms with Crippen LogP contribution in [0.1, 0.15) is 24.8 Å². The van der Waals surface area contributed by atoms with Crippen molar-refractivity contribution < 1.29 is 13.2 Å². The predicted octanol–water partition coefficient (Wildman–Crippen LogP) is 3.07. The van der Waals surface area contributed by atoms with Gasteiger partial charge in [0.2, 0.25) is 15.9 Å². The Balaban J connectivity index is 1.55. The van der Waals surface area contributed by atoms with Crippen LogP contribution in [0.15, 0.2) is 45.1 Å². The van der Waals surface area contributed by atoms with Gasteiger partial charge in [-0.15, -0.1) is 0 Å². The lowest BCUT2D eigenvalue weighted by Crippen LogP contribution is -2.35. The molecule has 0 aromatic carbocycles. The van der Waals surface area contributed by atoms with Crippen molar-refractivity contribution in [1.29, 1.82) is 0 Å². The van der Waals surface area contributed by atoms with Crippen molar-refractivity contribution in [3.8, 4) is 0 Å². The summed E-state index contributed by atoms with van der Waals surface area (Å²) in [6, 6.07) is 5.26. The number of carbonyl (C=O) groups is 1. The van der Waals surface area contributed by atoms with Crippen molar-refractivity contribution in [1.82, 2.24) is 14.2 Å². The van der Waals surface area contributed by atoms with Crippen LogP contribution in [-0.2, 0) is 21.4 Å². The van der Waals surface area contributed by atoms with E-state index in [1.54, 1.807) is 35.4 Å². The molecule has 1 amide bonds. The second-order valence-electron chi connectivity index (χ2n) is 6.47. The Hall–Kier alpha value is -1.42. The molecule has 27 heavy (non-hydrogen) atoms. The minimum absolute atomic E-state index is 0.0121. The van der Waals surface area contributed by atoms with Gasteiger partial charge in [0.1, 0.15) is 4.90 Å². The van der Waals surface area contributed by atoms with E-state index in [2.05, 4.69) is 4.98 Å². The minimum Gasteiger partial charge on any atom is -0.341 e. The van der Waals surface area contributed by atoms with Crippen LogP contribution in [0.25, 0.3) is 0 Å². The molecule has 146 valence electrons. The van der Waals surface area contributed by atoms with E-state index in [4.69, 9.17) is 0 Å². The van der Waals surface area contributed by atoms with Crippen molar-refractivity contribution in [2.24, 2.45) is 0 Å². The number of hydrogen-bond acceptors (Lipinski definition) is 6. The van der Waals surface area contributed by atoms with Gasteiger partial charge in [-0.3, -0.25) is 4.79 Å². The van der Waals surface area contributed by atoms with E-state index in [9.17, 15) is 13.2 Å². The number of amides is 1. The molecule has 0 N–H and O–H groups in total. The molecule has 1 saturated heterocycles. The van der Waals surface area contributed by atoms with Crippen LogP contribution in [0.3, 0.4) is 0 Å². The number of rotatable bonds is 7. The summed E-state index contributed by atoms with van der Waals surface area (Å²) in [4.78, 5) is 18.4. The fourth-order valence-electron chi connectivity index (χ4n) is 2.85.